The van der Waals surface area contributed by atoms with Crippen LogP contribution < -0.4 is 0 Å². The first-order chi connectivity index (χ1) is 27.0. The van der Waals surface area contributed by atoms with Crippen LogP contribution in [-0.4, -0.2) is 80.2 Å². The van der Waals surface area contributed by atoms with Crippen molar-refractivity contribution in [2.45, 2.75) is 154 Å². The quantitative estimate of drug-likeness (QED) is 0.0121. The Morgan fingerprint density at radius 3 is 1.88 bits per heavy atom. The minimum absolute atomic E-state index is 0.0206. The number of likely N-dealkylation sites (N-methyl/N-ethyl adjacent to an activating group) is 1. The normalized spacial score (nSPS) is 15.1. The largest absolute Gasteiger partial charge is 0.498 e. The molecule has 3 atom stereocenters. The summed E-state index contributed by atoms with van der Waals surface area (Å²) in [7, 11) is 1.51. The van der Waals surface area contributed by atoms with Gasteiger partial charge >= 0.3 is 13.8 Å². The number of hydrogen-bond donors (Lipinski definition) is 2. The number of nitrogens with zero attached hydrogens (tertiary/aromatic N) is 1. The van der Waals surface area contributed by atoms with E-state index in [4.69, 9.17) is 18.5 Å². The molecule has 0 fully saturated rings. The Morgan fingerprint density at radius 1 is 0.679 bits per heavy atom. The third-order valence-electron chi connectivity index (χ3n) is 8.63. The Bertz CT molecular complexity index is 1180. The number of unbranched alkanes of at least 4 members (excludes halogenated alkanes) is 12. The molecule has 0 amide bonds. The molecule has 0 aromatic rings. The molecule has 56 heavy (non-hydrogen) atoms. The fourth-order valence-corrected chi connectivity index (χ4v) is 6.02. The van der Waals surface area contributed by atoms with Gasteiger partial charge in [-0.1, -0.05) is 157 Å². The number of esters is 1. The average Bonchev–Trinajstić information content (AvgIpc) is 3.14. The van der Waals surface area contributed by atoms with Crippen LogP contribution in [0.3, 0.4) is 0 Å². The van der Waals surface area contributed by atoms with Gasteiger partial charge < -0.3 is 24.0 Å². The van der Waals surface area contributed by atoms with E-state index in [-0.39, 0.29) is 26.2 Å². The Morgan fingerprint density at radius 2 is 1.27 bits per heavy atom. The number of aliphatic hydroxyl groups is 1. The van der Waals surface area contributed by atoms with Crippen molar-refractivity contribution in [2.24, 2.45) is 0 Å². The number of ether oxygens (including phenoxy) is 2. The highest BCUT2D eigenvalue weighted by Gasteiger charge is 2.26. The van der Waals surface area contributed by atoms with E-state index in [1.807, 2.05) is 57.6 Å². The molecule has 0 aromatic heterocycles. The molecule has 2 unspecified atom stereocenters. The summed E-state index contributed by atoms with van der Waals surface area (Å²) in [5, 5.41) is 10.2. The number of phosphoric ester groups is 1. The molecule has 0 aliphatic carbocycles. The second kappa shape index (κ2) is 38.0. The number of rotatable bonds is 38. The Balaban J connectivity index is 4.56. The van der Waals surface area contributed by atoms with Crippen LogP contribution in [0.15, 0.2) is 85.3 Å². The Labute approximate surface area is 342 Å². The monoisotopic (exact) mass is 807 g/mol. The van der Waals surface area contributed by atoms with Crippen LogP contribution in [0.4, 0.5) is 0 Å². The van der Waals surface area contributed by atoms with Gasteiger partial charge in [-0.2, -0.15) is 0 Å². The number of aliphatic hydroxyl groups excluding tert-OH is 1. The fraction of sp³-hybridized carbons (Fsp3) is 0.674. The zero-order valence-corrected chi connectivity index (χ0v) is 36.8. The molecule has 0 saturated carbocycles. The SMILES string of the molecule is CC/C=C\C/C=C\C/C=C\C/C=C\C=C/C(O)C/C=C\CCC(=O)O[C@H](CO/C=C/CCCCCCCCCCCCCC)COP(=O)(O)OCC[N+](C)(C)C. The number of carbonyl (C=O) groups excluding carboxylic acids is 1. The standard InChI is InChI=1S/C46H80NO8P/c1-6-8-10-12-14-16-18-20-22-24-26-28-30-35-40-52-42-45(43-54-56(50,51)53-41-39-47(3,4)5)55-46(49)38-34-31-33-37-44(48)36-32-29-27-25-23-21-19-17-15-13-11-9-7-2/h9,11,15,17,21,23,27,29,31-33,35-36,40,44-45,48H,6-8,10,12-14,16,18-20,22,24-26,28,30,34,37-39,41-43H2,1-5H3/p+1/b11-9-,17-15-,23-21-,29-27-,33-31-,36-32-,40-35+/t44?,45-/m1/s1. The summed E-state index contributed by atoms with van der Waals surface area (Å²) in [5.74, 6) is -0.481. The van der Waals surface area contributed by atoms with Crippen LogP contribution in [0, 0.1) is 0 Å². The number of carbonyl (C=O) groups is 1. The van der Waals surface area contributed by atoms with Crippen molar-refractivity contribution in [3.8, 4) is 0 Å². The fourth-order valence-electron chi connectivity index (χ4n) is 5.27. The smallest absolute Gasteiger partial charge is 0.472 e. The van der Waals surface area contributed by atoms with Gasteiger partial charge in [0.1, 0.15) is 19.8 Å². The minimum Gasteiger partial charge on any atom is -0.498 e. The summed E-state index contributed by atoms with van der Waals surface area (Å²) >= 11 is 0. The highest BCUT2D eigenvalue weighted by Crippen LogP contribution is 2.43. The van der Waals surface area contributed by atoms with E-state index in [9.17, 15) is 19.4 Å². The number of phosphoric acid groups is 1. The van der Waals surface area contributed by atoms with Gasteiger partial charge in [-0.25, -0.2) is 4.57 Å². The number of allylic oxidation sites excluding steroid dienone is 11. The van der Waals surface area contributed by atoms with E-state index >= 15 is 0 Å². The van der Waals surface area contributed by atoms with Crippen molar-refractivity contribution in [1.82, 2.24) is 0 Å². The Hall–Kier alpha value is -2.52. The molecule has 0 saturated heterocycles. The third-order valence-corrected chi connectivity index (χ3v) is 9.61. The molecule has 0 rings (SSSR count). The van der Waals surface area contributed by atoms with Gasteiger partial charge in [-0.15, -0.1) is 0 Å². The molecule has 322 valence electrons. The zero-order valence-electron chi connectivity index (χ0n) is 35.9. The van der Waals surface area contributed by atoms with E-state index in [2.05, 4.69) is 50.3 Å². The van der Waals surface area contributed by atoms with Gasteiger partial charge in [-0.3, -0.25) is 13.8 Å². The molecule has 0 aliphatic rings. The zero-order chi connectivity index (χ0) is 41.4. The molecular formula is C46H81NO8P+. The van der Waals surface area contributed by atoms with E-state index in [0.717, 1.165) is 38.5 Å². The van der Waals surface area contributed by atoms with Gasteiger partial charge in [0.2, 0.25) is 0 Å². The summed E-state index contributed by atoms with van der Waals surface area (Å²) in [6.45, 7) is 4.59. The first-order valence-corrected chi connectivity index (χ1v) is 23.0. The molecule has 0 aromatic carbocycles. The second-order valence-corrected chi connectivity index (χ2v) is 16.7. The highest BCUT2D eigenvalue weighted by molar-refractivity contribution is 7.47. The summed E-state index contributed by atoms with van der Waals surface area (Å²) in [6.07, 6.45) is 47.4. The van der Waals surface area contributed by atoms with Crippen LogP contribution >= 0.6 is 7.82 Å². The van der Waals surface area contributed by atoms with Crippen molar-refractivity contribution in [3.63, 3.8) is 0 Å². The predicted octanol–water partition coefficient (Wildman–Crippen LogP) is 11.8. The van der Waals surface area contributed by atoms with Gasteiger partial charge in [0.25, 0.3) is 0 Å². The van der Waals surface area contributed by atoms with Crippen LogP contribution in [0.25, 0.3) is 0 Å². The second-order valence-electron chi connectivity index (χ2n) is 15.3. The van der Waals surface area contributed by atoms with Gasteiger partial charge in [0.15, 0.2) is 6.10 Å². The lowest BCUT2D eigenvalue weighted by atomic mass is 10.0. The minimum atomic E-state index is -4.34. The van der Waals surface area contributed by atoms with Crippen molar-refractivity contribution in [3.05, 3.63) is 85.3 Å². The maximum absolute atomic E-state index is 12.7. The number of quaternary nitrogens is 1. The molecule has 0 aliphatic heterocycles. The third kappa shape index (κ3) is 41.1. The lowest BCUT2D eigenvalue weighted by Gasteiger charge is -2.24. The molecular weight excluding hydrogens is 725 g/mol. The van der Waals surface area contributed by atoms with Crippen LogP contribution in [0.1, 0.15) is 142 Å². The van der Waals surface area contributed by atoms with Crippen molar-refractivity contribution in [1.29, 1.82) is 0 Å². The maximum atomic E-state index is 12.7. The van der Waals surface area contributed by atoms with Crippen molar-refractivity contribution >= 4 is 13.8 Å². The highest BCUT2D eigenvalue weighted by atomic mass is 31.2. The summed E-state index contributed by atoms with van der Waals surface area (Å²) < 4.78 is 34.5. The molecule has 0 bridgehead atoms. The summed E-state index contributed by atoms with van der Waals surface area (Å²) in [5.41, 5.74) is 0. The number of hydrogen-bond acceptors (Lipinski definition) is 7. The average molecular weight is 807 g/mol. The molecule has 0 heterocycles. The Kier molecular flexibility index (Phi) is 36.3. The predicted molar refractivity (Wildman–Crippen MR) is 234 cm³/mol. The lowest BCUT2D eigenvalue weighted by Crippen LogP contribution is -2.37. The van der Waals surface area contributed by atoms with E-state index in [1.165, 1.54) is 70.6 Å². The first-order valence-electron chi connectivity index (χ1n) is 21.5. The topological polar surface area (TPSA) is 112 Å². The van der Waals surface area contributed by atoms with Gasteiger partial charge in [-0.05, 0) is 57.4 Å². The summed E-state index contributed by atoms with van der Waals surface area (Å²) in [4.78, 5) is 22.8. The lowest BCUT2D eigenvalue weighted by molar-refractivity contribution is -0.870. The van der Waals surface area contributed by atoms with Crippen LogP contribution in [0.5, 0.6) is 0 Å². The van der Waals surface area contributed by atoms with E-state index < -0.39 is 26.0 Å². The van der Waals surface area contributed by atoms with Crippen LogP contribution in [0.2, 0.25) is 0 Å². The molecule has 2 N–H and O–H groups in total. The molecule has 0 radical (unpaired) electrons. The summed E-state index contributed by atoms with van der Waals surface area (Å²) in [6, 6.07) is 0. The first kappa shape index (κ1) is 53.5. The van der Waals surface area contributed by atoms with Gasteiger partial charge in [0.05, 0.1) is 40.1 Å². The van der Waals surface area contributed by atoms with Crippen LogP contribution in [-0.2, 0) is 27.9 Å². The van der Waals surface area contributed by atoms with Crippen molar-refractivity contribution in [2.75, 3.05) is 47.5 Å². The maximum Gasteiger partial charge on any atom is 0.472 e. The molecule has 10 heteroatoms. The van der Waals surface area contributed by atoms with Crippen molar-refractivity contribution < 1.29 is 42.4 Å². The van der Waals surface area contributed by atoms with E-state index in [1.54, 1.807) is 12.3 Å². The molecule has 9 nitrogen and oxygen atoms in total. The van der Waals surface area contributed by atoms with E-state index in [0.29, 0.717) is 23.9 Å². The van der Waals surface area contributed by atoms with Gasteiger partial charge in [0, 0.05) is 6.42 Å². The molecule has 0 spiro atoms.